The Hall–Kier alpha value is -2.12. The van der Waals surface area contributed by atoms with Gasteiger partial charge in [0, 0.05) is 5.56 Å². The molecule has 2 aromatic carbocycles. The summed E-state index contributed by atoms with van der Waals surface area (Å²) >= 11 is 0. The molecule has 2 rings (SSSR count). The molecule has 1 heteroatoms. The Kier molecular flexibility index (Phi) is 4.99. The molecule has 0 atom stereocenters. The summed E-state index contributed by atoms with van der Waals surface area (Å²) in [5, 5.41) is 0. The Labute approximate surface area is 134 Å². The van der Waals surface area contributed by atoms with Crippen LogP contribution >= 0.6 is 0 Å². The average molecular weight is 292 g/mol. The van der Waals surface area contributed by atoms with E-state index in [9.17, 15) is 0 Å². The summed E-state index contributed by atoms with van der Waals surface area (Å²) in [5.41, 5.74) is 6.13. The Morgan fingerprint density at radius 1 is 1.00 bits per heavy atom. The van der Waals surface area contributed by atoms with Crippen molar-refractivity contribution in [2.45, 2.75) is 13.8 Å². The Morgan fingerprint density at radius 2 is 1.59 bits per heavy atom. The van der Waals surface area contributed by atoms with E-state index in [4.69, 9.17) is 0 Å². The number of quaternary nitrogens is 1. The van der Waals surface area contributed by atoms with E-state index >= 15 is 0 Å². The van der Waals surface area contributed by atoms with Crippen molar-refractivity contribution in [2.24, 2.45) is 0 Å². The van der Waals surface area contributed by atoms with Crippen LogP contribution in [0.1, 0.15) is 19.4 Å². The summed E-state index contributed by atoms with van der Waals surface area (Å²) in [6.45, 7) is 9.52. The van der Waals surface area contributed by atoms with E-state index < -0.39 is 0 Å². The van der Waals surface area contributed by atoms with Crippen molar-refractivity contribution < 1.29 is 0 Å². The highest BCUT2D eigenvalue weighted by atomic mass is 15.3. The molecule has 0 N–H and O–H groups in total. The molecule has 0 aromatic heterocycles. The quantitative estimate of drug-likeness (QED) is 0.502. The fourth-order valence-corrected chi connectivity index (χ4v) is 2.69. The lowest BCUT2D eigenvalue weighted by atomic mass is 9.93. The van der Waals surface area contributed by atoms with Crippen LogP contribution in [0.4, 0.5) is 5.69 Å². The zero-order valence-electron chi connectivity index (χ0n) is 14.1. The van der Waals surface area contributed by atoms with Gasteiger partial charge in [0.1, 0.15) is 5.69 Å². The first-order valence-electron chi connectivity index (χ1n) is 7.85. The van der Waals surface area contributed by atoms with Gasteiger partial charge in [-0.1, -0.05) is 55.1 Å². The normalized spacial score (nSPS) is 11.8. The second kappa shape index (κ2) is 6.76. The minimum atomic E-state index is 0.862. The van der Waals surface area contributed by atoms with Gasteiger partial charge in [-0.05, 0) is 42.7 Å². The molecule has 0 saturated heterocycles. The third-order valence-corrected chi connectivity index (χ3v) is 4.28. The van der Waals surface area contributed by atoms with Crippen LogP contribution in [-0.2, 0) is 0 Å². The van der Waals surface area contributed by atoms with E-state index in [1.807, 2.05) is 13.0 Å². The zero-order valence-corrected chi connectivity index (χ0v) is 14.1. The van der Waals surface area contributed by atoms with Gasteiger partial charge in [0.2, 0.25) is 0 Å². The van der Waals surface area contributed by atoms with Crippen LogP contribution in [0.25, 0.3) is 16.7 Å². The molecule has 0 fully saturated rings. The fraction of sp³-hybridized carbons (Fsp3) is 0.238. The molecule has 0 heterocycles. The number of rotatable bonds is 5. The van der Waals surface area contributed by atoms with Gasteiger partial charge in [0.05, 0.1) is 20.6 Å². The van der Waals surface area contributed by atoms with Crippen LogP contribution in [0, 0.1) is 0 Å². The molecule has 0 aliphatic heterocycles. The van der Waals surface area contributed by atoms with Crippen molar-refractivity contribution in [3.05, 3.63) is 72.8 Å². The molecule has 0 saturated carbocycles. The van der Waals surface area contributed by atoms with Crippen molar-refractivity contribution >= 4 is 11.3 Å². The minimum Gasteiger partial charge on any atom is -0.296 e. The maximum atomic E-state index is 4.22. The van der Waals surface area contributed by atoms with Gasteiger partial charge in [0.15, 0.2) is 0 Å². The monoisotopic (exact) mass is 292 g/mol. The van der Waals surface area contributed by atoms with Crippen molar-refractivity contribution in [1.82, 2.24) is 4.48 Å². The van der Waals surface area contributed by atoms with Gasteiger partial charge in [-0.3, -0.25) is 4.48 Å². The van der Waals surface area contributed by atoms with E-state index in [2.05, 4.69) is 82.2 Å². The van der Waals surface area contributed by atoms with E-state index in [0.717, 1.165) is 16.6 Å². The lowest BCUT2D eigenvalue weighted by molar-refractivity contribution is 0.422. The molecule has 114 valence electrons. The van der Waals surface area contributed by atoms with Crippen LogP contribution in [0.2, 0.25) is 0 Å². The summed E-state index contributed by atoms with van der Waals surface area (Å²) in [4.78, 5) is 0. The lowest BCUT2D eigenvalue weighted by Crippen LogP contribution is -2.40. The molecule has 0 unspecified atom stereocenters. The standard InChI is InChI=1S/C21H26N/c1-6-12-17(3)18-13-8-9-14-19(18)20-15-10-11-16-21(20)22(4,5)7-2/h6,8-16H,3,7H2,1-2,4-5H3/q+1/b12-6-. The Balaban J connectivity index is 2.66. The fourth-order valence-electron chi connectivity index (χ4n) is 2.69. The SMILES string of the molecule is C=C(/C=C\C)c1ccccc1-c1ccccc1[N+](C)(C)CC. The predicted molar refractivity (Wildman–Crippen MR) is 99.9 cm³/mol. The summed E-state index contributed by atoms with van der Waals surface area (Å²) in [6, 6.07) is 17.2. The lowest BCUT2D eigenvalue weighted by Gasteiger charge is -2.30. The minimum absolute atomic E-state index is 0.862. The summed E-state index contributed by atoms with van der Waals surface area (Å²) < 4.78 is 0.862. The Morgan fingerprint density at radius 3 is 2.23 bits per heavy atom. The number of para-hydroxylation sites is 1. The van der Waals surface area contributed by atoms with E-state index in [0.29, 0.717) is 0 Å². The van der Waals surface area contributed by atoms with Crippen LogP contribution < -0.4 is 4.48 Å². The molecule has 0 aliphatic carbocycles. The van der Waals surface area contributed by atoms with Crippen LogP contribution in [-0.4, -0.2) is 20.6 Å². The van der Waals surface area contributed by atoms with Crippen LogP contribution in [0.5, 0.6) is 0 Å². The molecule has 0 radical (unpaired) electrons. The third kappa shape index (κ3) is 3.20. The number of benzene rings is 2. The van der Waals surface area contributed by atoms with Crippen molar-refractivity contribution in [1.29, 1.82) is 0 Å². The average Bonchev–Trinajstić information content (AvgIpc) is 2.55. The second-order valence-electron chi connectivity index (χ2n) is 6.09. The predicted octanol–water partition coefficient (Wildman–Crippen LogP) is 5.53. The number of hydrogen-bond acceptors (Lipinski definition) is 0. The first kappa shape index (κ1) is 16.3. The number of nitrogens with zero attached hydrogens (tertiary/aromatic N) is 1. The van der Waals surface area contributed by atoms with E-state index in [-0.39, 0.29) is 0 Å². The van der Waals surface area contributed by atoms with Gasteiger partial charge < -0.3 is 0 Å². The number of allylic oxidation sites excluding steroid dienone is 3. The zero-order chi connectivity index (χ0) is 16.2. The molecule has 2 aromatic rings. The van der Waals surface area contributed by atoms with Crippen molar-refractivity contribution in [3.8, 4) is 11.1 Å². The summed E-state index contributed by atoms with van der Waals surface area (Å²) in [5.74, 6) is 0. The molecule has 0 amide bonds. The second-order valence-corrected chi connectivity index (χ2v) is 6.09. The molecule has 0 aliphatic rings. The highest BCUT2D eigenvalue weighted by Crippen LogP contribution is 2.37. The van der Waals surface area contributed by atoms with Crippen molar-refractivity contribution in [2.75, 3.05) is 20.6 Å². The smallest absolute Gasteiger partial charge is 0.140 e. The third-order valence-electron chi connectivity index (χ3n) is 4.28. The topological polar surface area (TPSA) is 0 Å². The molecular formula is C21H26N+. The highest BCUT2D eigenvalue weighted by molar-refractivity contribution is 5.88. The highest BCUT2D eigenvalue weighted by Gasteiger charge is 2.22. The summed E-state index contributed by atoms with van der Waals surface area (Å²) in [6.07, 6.45) is 4.11. The Bertz CT molecular complexity index is 693. The molecule has 0 bridgehead atoms. The van der Waals surface area contributed by atoms with Gasteiger partial charge in [0.25, 0.3) is 0 Å². The summed E-state index contributed by atoms with van der Waals surface area (Å²) in [7, 11) is 4.50. The van der Waals surface area contributed by atoms with Gasteiger partial charge >= 0.3 is 0 Å². The van der Waals surface area contributed by atoms with Crippen LogP contribution in [0.15, 0.2) is 67.3 Å². The first-order chi connectivity index (χ1) is 10.5. The van der Waals surface area contributed by atoms with Crippen LogP contribution in [0.3, 0.4) is 0 Å². The van der Waals surface area contributed by atoms with Gasteiger partial charge in [-0.2, -0.15) is 0 Å². The van der Waals surface area contributed by atoms with Gasteiger partial charge in [-0.15, -0.1) is 0 Å². The molecule has 0 spiro atoms. The first-order valence-corrected chi connectivity index (χ1v) is 7.85. The van der Waals surface area contributed by atoms with Gasteiger partial charge in [-0.25, -0.2) is 0 Å². The maximum absolute atomic E-state index is 4.22. The molecule has 1 nitrogen and oxygen atoms in total. The molecule has 22 heavy (non-hydrogen) atoms. The largest absolute Gasteiger partial charge is 0.296 e. The van der Waals surface area contributed by atoms with E-state index in [1.165, 1.54) is 22.4 Å². The molecular weight excluding hydrogens is 266 g/mol. The maximum Gasteiger partial charge on any atom is 0.140 e. The van der Waals surface area contributed by atoms with E-state index in [1.54, 1.807) is 0 Å². The van der Waals surface area contributed by atoms with Crippen molar-refractivity contribution in [3.63, 3.8) is 0 Å². The number of hydrogen-bond donors (Lipinski definition) is 0.